The van der Waals surface area contributed by atoms with Gasteiger partial charge in [0.15, 0.2) is 5.82 Å². The molecule has 2 amide bonds. The van der Waals surface area contributed by atoms with Gasteiger partial charge in [0.2, 0.25) is 0 Å². The van der Waals surface area contributed by atoms with Crippen LogP contribution in [0.3, 0.4) is 0 Å². The Morgan fingerprint density at radius 1 is 1.23 bits per heavy atom. The predicted octanol–water partition coefficient (Wildman–Crippen LogP) is 2.66. The summed E-state index contributed by atoms with van der Waals surface area (Å²) in [6.45, 7) is 7.99. The number of fused-ring (bicyclic) bond motifs is 1. The largest absolute Gasteiger partial charge is 0.377 e. The molecule has 9 heteroatoms. The van der Waals surface area contributed by atoms with E-state index in [1.807, 2.05) is 38.1 Å². The smallest absolute Gasteiger partial charge is 0.319 e. The minimum absolute atomic E-state index is 0.0654. The number of morpholine rings is 1. The lowest BCUT2D eigenvalue weighted by Crippen LogP contribution is -2.44. The second-order valence-electron chi connectivity index (χ2n) is 7.97. The Labute approximate surface area is 178 Å². The number of hydrogen-bond donors (Lipinski definition) is 2. The van der Waals surface area contributed by atoms with Gasteiger partial charge in [-0.2, -0.15) is 0 Å². The summed E-state index contributed by atoms with van der Waals surface area (Å²) in [6, 6.07) is 7.48. The minimum atomic E-state index is -0.940. The molecule has 30 heavy (non-hydrogen) atoms. The molecule has 1 fully saturated rings. The van der Waals surface area contributed by atoms with Crippen molar-refractivity contribution in [1.29, 1.82) is 0 Å². The lowest BCUT2D eigenvalue weighted by molar-refractivity contribution is 0.0984. The molecule has 4 rings (SSSR count). The van der Waals surface area contributed by atoms with Gasteiger partial charge in [-0.3, -0.25) is 4.21 Å². The normalized spacial score (nSPS) is 20.9. The average molecular weight is 430 g/mol. The Balaban J connectivity index is 1.63. The molecule has 2 aromatic rings. The first-order valence-electron chi connectivity index (χ1n) is 10.2. The van der Waals surface area contributed by atoms with Crippen molar-refractivity contribution in [2.45, 2.75) is 44.4 Å². The number of aromatic nitrogens is 2. The quantitative estimate of drug-likeness (QED) is 0.776. The van der Waals surface area contributed by atoms with Crippen LogP contribution in [0.2, 0.25) is 0 Å². The standard InChI is InChI=1S/C21H27N5O3S/c1-13(2)22-21(27)23-16-6-4-15(5-7-16)19-24-18-12-30(28)11-17(18)20(25-19)26-8-9-29-10-14(26)3/h4-7,13-14H,8-12H2,1-3H3,(H2,22,23,27). The first-order chi connectivity index (χ1) is 14.4. The number of hydrogen-bond acceptors (Lipinski definition) is 6. The maximum Gasteiger partial charge on any atom is 0.319 e. The van der Waals surface area contributed by atoms with E-state index in [0.717, 1.165) is 29.2 Å². The Morgan fingerprint density at radius 3 is 2.70 bits per heavy atom. The highest BCUT2D eigenvalue weighted by Crippen LogP contribution is 2.33. The fourth-order valence-electron chi connectivity index (χ4n) is 3.69. The van der Waals surface area contributed by atoms with Crippen LogP contribution in [0.15, 0.2) is 24.3 Å². The van der Waals surface area contributed by atoms with E-state index in [1.165, 1.54) is 0 Å². The summed E-state index contributed by atoms with van der Waals surface area (Å²) >= 11 is 0. The van der Waals surface area contributed by atoms with Crippen molar-refractivity contribution >= 4 is 28.3 Å². The zero-order valence-corrected chi connectivity index (χ0v) is 18.3. The molecule has 160 valence electrons. The number of carbonyl (C=O) groups excluding carboxylic acids is 1. The molecule has 0 bridgehead atoms. The first-order valence-corrected chi connectivity index (χ1v) is 11.7. The SMILES string of the molecule is CC(C)NC(=O)Nc1ccc(-c2nc3c(c(N4CCOCC4C)n2)CS(=O)C3)cc1. The van der Waals surface area contributed by atoms with Gasteiger partial charge < -0.3 is 20.3 Å². The van der Waals surface area contributed by atoms with Crippen LogP contribution in [-0.4, -0.2) is 52.1 Å². The monoisotopic (exact) mass is 429 g/mol. The average Bonchev–Trinajstić information content (AvgIpc) is 3.08. The number of anilines is 2. The highest BCUT2D eigenvalue weighted by atomic mass is 32.2. The lowest BCUT2D eigenvalue weighted by atomic mass is 10.1. The van der Waals surface area contributed by atoms with Gasteiger partial charge in [-0.15, -0.1) is 0 Å². The van der Waals surface area contributed by atoms with Crippen molar-refractivity contribution in [3.8, 4) is 11.4 Å². The molecule has 3 heterocycles. The zero-order chi connectivity index (χ0) is 21.3. The van der Waals surface area contributed by atoms with Crippen molar-refractivity contribution in [1.82, 2.24) is 15.3 Å². The number of amides is 2. The molecule has 2 aliphatic heterocycles. The van der Waals surface area contributed by atoms with Gasteiger partial charge in [0, 0.05) is 40.2 Å². The van der Waals surface area contributed by atoms with Crippen molar-refractivity contribution in [3.05, 3.63) is 35.5 Å². The Hall–Kier alpha value is -2.52. The van der Waals surface area contributed by atoms with Crippen LogP contribution in [0.4, 0.5) is 16.3 Å². The van der Waals surface area contributed by atoms with E-state index in [1.54, 1.807) is 0 Å². The molecule has 8 nitrogen and oxygen atoms in total. The highest BCUT2D eigenvalue weighted by molar-refractivity contribution is 7.83. The zero-order valence-electron chi connectivity index (χ0n) is 17.5. The lowest BCUT2D eigenvalue weighted by Gasteiger charge is -2.35. The van der Waals surface area contributed by atoms with Crippen LogP contribution in [0.25, 0.3) is 11.4 Å². The van der Waals surface area contributed by atoms with E-state index < -0.39 is 10.8 Å². The van der Waals surface area contributed by atoms with Crippen LogP contribution in [0, 0.1) is 0 Å². The number of benzene rings is 1. The molecule has 2 N–H and O–H groups in total. The second-order valence-corrected chi connectivity index (χ2v) is 9.43. The summed E-state index contributed by atoms with van der Waals surface area (Å²) < 4.78 is 17.8. The third-order valence-corrected chi connectivity index (χ3v) is 6.34. The number of ether oxygens (including phenoxy) is 1. The van der Waals surface area contributed by atoms with Gasteiger partial charge in [0.25, 0.3) is 0 Å². The van der Waals surface area contributed by atoms with Crippen molar-refractivity contribution < 1.29 is 13.7 Å². The molecule has 2 aliphatic rings. The fourth-order valence-corrected chi connectivity index (χ4v) is 4.95. The van der Waals surface area contributed by atoms with Gasteiger partial charge in [-0.25, -0.2) is 14.8 Å². The Bertz CT molecular complexity index is 964. The Kier molecular flexibility index (Phi) is 6.01. The van der Waals surface area contributed by atoms with Crippen molar-refractivity contribution in [2.24, 2.45) is 0 Å². The summed E-state index contributed by atoms with van der Waals surface area (Å²) in [5.41, 5.74) is 3.41. The maximum atomic E-state index is 12.2. The van der Waals surface area contributed by atoms with E-state index in [9.17, 15) is 9.00 Å². The van der Waals surface area contributed by atoms with Crippen LogP contribution in [-0.2, 0) is 27.0 Å². The van der Waals surface area contributed by atoms with Gasteiger partial charge in [0.1, 0.15) is 5.82 Å². The third-order valence-electron chi connectivity index (χ3n) is 5.13. The number of urea groups is 1. The molecular formula is C21H27N5O3S. The molecule has 1 aromatic carbocycles. The molecule has 0 aliphatic carbocycles. The van der Waals surface area contributed by atoms with Crippen LogP contribution in [0.1, 0.15) is 32.0 Å². The first kappa shape index (κ1) is 20.7. The van der Waals surface area contributed by atoms with Crippen LogP contribution < -0.4 is 15.5 Å². The predicted molar refractivity (Wildman–Crippen MR) is 118 cm³/mol. The molecule has 0 spiro atoms. The van der Waals surface area contributed by atoms with Crippen LogP contribution in [0.5, 0.6) is 0 Å². The van der Waals surface area contributed by atoms with E-state index >= 15 is 0 Å². The van der Waals surface area contributed by atoms with Gasteiger partial charge in [-0.1, -0.05) is 0 Å². The summed E-state index contributed by atoms with van der Waals surface area (Å²) in [4.78, 5) is 23.7. The molecule has 1 aromatic heterocycles. The van der Waals surface area contributed by atoms with Gasteiger partial charge in [0.05, 0.1) is 36.5 Å². The second kappa shape index (κ2) is 8.69. The van der Waals surface area contributed by atoms with Gasteiger partial charge >= 0.3 is 6.03 Å². The van der Waals surface area contributed by atoms with E-state index in [0.29, 0.717) is 36.2 Å². The Morgan fingerprint density at radius 2 is 2.00 bits per heavy atom. The minimum Gasteiger partial charge on any atom is -0.377 e. The molecule has 2 unspecified atom stereocenters. The van der Waals surface area contributed by atoms with Crippen molar-refractivity contribution in [3.63, 3.8) is 0 Å². The number of nitrogens with zero attached hydrogens (tertiary/aromatic N) is 3. The summed E-state index contributed by atoms with van der Waals surface area (Å²) in [5, 5.41) is 5.61. The molecule has 2 atom stereocenters. The maximum absolute atomic E-state index is 12.2. The number of nitrogens with one attached hydrogen (secondary N) is 2. The molecular weight excluding hydrogens is 402 g/mol. The third kappa shape index (κ3) is 4.46. The van der Waals surface area contributed by atoms with Crippen LogP contribution >= 0.6 is 0 Å². The van der Waals surface area contributed by atoms with E-state index in [-0.39, 0.29) is 18.1 Å². The van der Waals surface area contributed by atoms with Gasteiger partial charge in [-0.05, 0) is 45.0 Å². The summed E-state index contributed by atoms with van der Waals surface area (Å²) in [7, 11) is -0.940. The summed E-state index contributed by atoms with van der Waals surface area (Å²) in [6.07, 6.45) is 0. The highest BCUT2D eigenvalue weighted by Gasteiger charge is 2.30. The number of carbonyl (C=O) groups is 1. The number of rotatable bonds is 4. The van der Waals surface area contributed by atoms with E-state index in [2.05, 4.69) is 22.5 Å². The molecule has 0 radical (unpaired) electrons. The van der Waals surface area contributed by atoms with Crippen molar-refractivity contribution in [2.75, 3.05) is 30.0 Å². The molecule has 0 saturated carbocycles. The molecule has 1 saturated heterocycles. The summed E-state index contributed by atoms with van der Waals surface area (Å²) in [5.74, 6) is 2.45. The topological polar surface area (TPSA) is 96.5 Å². The van der Waals surface area contributed by atoms with E-state index in [4.69, 9.17) is 14.7 Å². The fraction of sp³-hybridized carbons (Fsp3) is 0.476.